The molecule has 0 fully saturated rings. The number of aliphatic hydroxyl groups excluding tert-OH is 2. The molecule has 17 heavy (non-hydrogen) atoms. The lowest BCUT2D eigenvalue weighted by molar-refractivity contribution is -0.0582. The van der Waals surface area contributed by atoms with Crippen molar-refractivity contribution in [3.05, 3.63) is 32.6 Å². The zero-order valence-electron chi connectivity index (χ0n) is 9.71. The Hall–Kier alpha value is -1.44. The summed E-state index contributed by atoms with van der Waals surface area (Å²) >= 11 is 0. The van der Waals surface area contributed by atoms with E-state index < -0.39 is 30.2 Å². The molecule has 1 rings (SSSR count). The Morgan fingerprint density at radius 1 is 1.41 bits per heavy atom. The van der Waals surface area contributed by atoms with E-state index in [1.807, 2.05) is 0 Å². The first-order valence-corrected chi connectivity index (χ1v) is 5.21. The van der Waals surface area contributed by atoms with Gasteiger partial charge in [-0.25, -0.2) is 4.79 Å². The average Bonchev–Trinajstić information content (AvgIpc) is 2.28. The van der Waals surface area contributed by atoms with Crippen molar-refractivity contribution in [2.75, 3.05) is 6.61 Å². The van der Waals surface area contributed by atoms with Crippen LogP contribution < -0.4 is 11.2 Å². The lowest BCUT2D eigenvalue weighted by Crippen LogP contribution is -2.35. The lowest BCUT2D eigenvalue weighted by Gasteiger charge is -2.19. The van der Waals surface area contributed by atoms with E-state index in [0.29, 0.717) is 0 Å². The minimum absolute atomic E-state index is 0.0803. The topological polar surface area (TPSA) is 105 Å². The average molecular weight is 244 g/mol. The third kappa shape index (κ3) is 3.26. The first kappa shape index (κ1) is 13.6. The van der Waals surface area contributed by atoms with Crippen molar-refractivity contribution in [3.8, 4) is 0 Å². The molecular formula is C10H16N2O5. The number of rotatable bonds is 5. The smallest absolute Gasteiger partial charge is 0.330 e. The Bertz CT molecular complexity index is 478. The molecule has 0 spiro atoms. The maximum atomic E-state index is 11.5. The number of H-pyrrole nitrogens is 1. The summed E-state index contributed by atoms with van der Waals surface area (Å²) in [5.41, 5.74) is -1.15. The molecule has 7 heteroatoms. The zero-order valence-corrected chi connectivity index (χ0v) is 9.71. The molecule has 0 saturated carbocycles. The maximum Gasteiger partial charge on any atom is 0.330 e. The fourth-order valence-corrected chi connectivity index (χ4v) is 1.35. The van der Waals surface area contributed by atoms with Crippen LogP contribution in [0.3, 0.4) is 0 Å². The lowest BCUT2D eigenvalue weighted by atomic mass is 10.3. The van der Waals surface area contributed by atoms with Crippen LogP contribution in [0.15, 0.2) is 15.8 Å². The standard InChI is InChI=1S/C10H16N2O5/c1-6(4-13)17-7(2)12-3-8(5-14)9(15)11-10(12)16/h3,6-7,13-14H,4-5H2,1-2H3,(H,11,15,16). The molecule has 96 valence electrons. The summed E-state index contributed by atoms with van der Waals surface area (Å²) < 4.78 is 6.47. The van der Waals surface area contributed by atoms with Crippen molar-refractivity contribution in [3.63, 3.8) is 0 Å². The van der Waals surface area contributed by atoms with Gasteiger partial charge in [0.25, 0.3) is 5.56 Å². The molecule has 0 aliphatic rings. The van der Waals surface area contributed by atoms with Gasteiger partial charge in [-0.2, -0.15) is 0 Å². The van der Waals surface area contributed by atoms with E-state index in [-0.39, 0.29) is 12.2 Å². The highest BCUT2D eigenvalue weighted by molar-refractivity contribution is 5.02. The van der Waals surface area contributed by atoms with E-state index in [9.17, 15) is 9.59 Å². The molecule has 2 unspecified atom stereocenters. The minimum atomic E-state index is -0.646. The highest BCUT2D eigenvalue weighted by atomic mass is 16.5. The van der Waals surface area contributed by atoms with Crippen molar-refractivity contribution in [1.29, 1.82) is 0 Å². The second kappa shape index (κ2) is 5.76. The number of aromatic amines is 1. The van der Waals surface area contributed by atoms with Crippen LogP contribution in [0.1, 0.15) is 25.6 Å². The molecule has 0 bridgehead atoms. The Balaban J connectivity index is 3.05. The van der Waals surface area contributed by atoms with E-state index in [2.05, 4.69) is 4.98 Å². The van der Waals surface area contributed by atoms with Crippen LogP contribution in [0, 0.1) is 0 Å². The number of aliphatic hydroxyl groups is 2. The van der Waals surface area contributed by atoms with E-state index in [1.165, 1.54) is 6.20 Å². The van der Waals surface area contributed by atoms with Gasteiger partial charge in [0.2, 0.25) is 0 Å². The van der Waals surface area contributed by atoms with Crippen LogP contribution in [-0.4, -0.2) is 32.5 Å². The van der Waals surface area contributed by atoms with Gasteiger partial charge in [-0.3, -0.25) is 14.3 Å². The second-order valence-electron chi connectivity index (χ2n) is 3.71. The molecule has 0 amide bonds. The van der Waals surface area contributed by atoms with Gasteiger partial charge in [0.15, 0.2) is 0 Å². The summed E-state index contributed by atoms with van der Waals surface area (Å²) in [6, 6.07) is 0. The van der Waals surface area contributed by atoms with Crippen LogP contribution in [0.4, 0.5) is 0 Å². The van der Waals surface area contributed by atoms with E-state index in [0.717, 1.165) is 4.57 Å². The van der Waals surface area contributed by atoms with Crippen molar-refractivity contribution in [2.45, 2.75) is 32.8 Å². The fourth-order valence-electron chi connectivity index (χ4n) is 1.35. The predicted molar refractivity (Wildman–Crippen MR) is 59.6 cm³/mol. The van der Waals surface area contributed by atoms with Gasteiger partial charge in [0, 0.05) is 6.20 Å². The third-order valence-corrected chi connectivity index (χ3v) is 2.29. The summed E-state index contributed by atoms with van der Waals surface area (Å²) in [5.74, 6) is 0. The highest BCUT2D eigenvalue weighted by Crippen LogP contribution is 2.07. The number of aromatic nitrogens is 2. The SMILES string of the molecule is CC(CO)OC(C)n1cc(CO)c(=O)[nH]c1=O. The van der Waals surface area contributed by atoms with Gasteiger partial charge in [0.1, 0.15) is 6.23 Å². The molecular weight excluding hydrogens is 228 g/mol. The molecule has 1 heterocycles. The Labute approximate surface area is 97.3 Å². The predicted octanol–water partition coefficient (Wildman–Crippen LogP) is -1.06. The molecule has 7 nitrogen and oxygen atoms in total. The number of hydrogen-bond acceptors (Lipinski definition) is 5. The molecule has 1 aromatic heterocycles. The Morgan fingerprint density at radius 3 is 2.59 bits per heavy atom. The van der Waals surface area contributed by atoms with Crippen LogP contribution in [0.25, 0.3) is 0 Å². The summed E-state index contributed by atoms with van der Waals surface area (Å²) in [6.07, 6.45) is 0.170. The van der Waals surface area contributed by atoms with Crippen LogP contribution >= 0.6 is 0 Å². The Morgan fingerprint density at radius 2 is 2.06 bits per heavy atom. The van der Waals surface area contributed by atoms with Crippen LogP contribution in [-0.2, 0) is 11.3 Å². The molecule has 3 N–H and O–H groups in total. The van der Waals surface area contributed by atoms with E-state index >= 15 is 0 Å². The van der Waals surface area contributed by atoms with Crippen molar-refractivity contribution in [1.82, 2.24) is 9.55 Å². The normalized spacial score (nSPS) is 14.6. The quantitative estimate of drug-likeness (QED) is 0.612. The van der Waals surface area contributed by atoms with Gasteiger partial charge >= 0.3 is 5.69 Å². The number of nitrogens with one attached hydrogen (secondary N) is 1. The zero-order chi connectivity index (χ0) is 13.0. The van der Waals surface area contributed by atoms with Gasteiger partial charge in [-0.1, -0.05) is 0 Å². The molecule has 2 atom stereocenters. The summed E-state index contributed by atoms with van der Waals surface area (Å²) in [4.78, 5) is 24.8. The highest BCUT2D eigenvalue weighted by Gasteiger charge is 2.12. The van der Waals surface area contributed by atoms with Crippen LogP contribution in [0.5, 0.6) is 0 Å². The summed E-state index contributed by atoms with van der Waals surface area (Å²) in [7, 11) is 0. The first-order chi connectivity index (χ1) is 7.99. The number of hydrogen-bond donors (Lipinski definition) is 3. The van der Waals surface area contributed by atoms with Crippen molar-refractivity contribution < 1.29 is 14.9 Å². The van der Waals surface area contributed by atoms with Crippen molar-refractivity contribution in [2.24, 2.45) is 0 Å². The number of nitrogens with zero attached hydrogens (tertiary/aromatic N) is 1. The molecule has 0 aliphatic heterocycles. The van der Waals surface area contributed by atoms with Gasteiger partial charge in [-0.15, -0.1) is 0 Å². The molecule has 0 aromatic carbocycles. The number of ether oxygens (including phenoxy) is 1. The molecule has 0 aliphatic carbocycles. The van der Waals surface area contributed by atoms with Gasteiger partial charge in [0.05, 0.1) is 24.9 Å². The van der Waals surface area contributed by atoms with Gasteiger partial charge in [-0.05, 0) is 13.8 Å². The Kier molecular flexibility index (Phi) is 4.62. The summed E-state index contributed by atoms with van der Waals surface area (Å²) in [5, 5.41) is 17.8. The van der Waals surface area contributed by atoms with Crippen molar-refractivity contribution >= 4 is 0 Å². The third-order valence-electron chi connectivity index (χ3n) is 2.29. The van der Waals surface area contributed by atoms with Crippen LogP contribution in [0.2, 0.25) is 0 Å². The second-order valence-corrected chi connectivity index (χ2v) is 3.71. The maximum absolute atomic E-state index is 11.5. The summed E-state index contributed by atoms with van der Waals surface area (Å²) in [6.45, 7) is 2.63. The first-order valence-electron chi connectivity index (χ1n) is 5.21. The minimum Gasteiger partial charge on any atom is -0.394 e. The van der Waals surface area contributed by atoms with Gasteiger partial charge < -0.3 is 14.9 Å². The molecule has 0 saturated heterocycles. The molecule has 1 aromatic rings. The molecule has 0 radical (unpaired) electrons. The largest absolute Gasteiger partial charge is 0.394 e. The monoisotopic (exact) mass is 244 g/mol. The fraction of sp³-hybridized carbons (Fsp3) is 0.600. The van der Waals surface area contributed by atoms with E-state index in [4.69, 9.17) is 14.9 Å². The van der Waals surface area contributed by atoms with E-state index in [1.54, 1.807) is 13.8 Å².